The molecule has 0 saturated heterocycles. The van der Waals surface area contributed by atoms with Crippen molar-refractivity contribution in [2.45, 2.75) is 4.90 Å². The van der Waals surface area contributed by atoms with E-state index in [9.17, 15) is 13.2 Å². The minimum absolute atomic E-state index is 0.0262. The molecular formula is C13H8Cl3NO3S. The maximum Gasteiger partial charge on any atom is 0.266 e. The predicted molar refractivity (Wildman–Crippen MR) is 82.6 cm³/mol. The van der Waals surface area contributed by atoms with Gasteiger partial charge in [-0.1, -0.05) is 34.8 Å². The summed E-state index contributed by atoms with van der Waals surface area (Å²) in [5.74, 6) is -0.863. The monoisotopic (exact) mass is 363 g/mol. The van der Waals surface area contributed by atoms with Crippen molar-refractivity contribution in [2.24, 2.45) is 0 Å². The van der Waals surface area contributed by atoms with Gasteiger partial charge in [0.05, 0.1) is 15.5 Å². The van der Waals surface area contributed by atoms with Gasteiger partial charge in [0.15, 0.2) is 0 Å². The van der Waals surface area contributed by atoms with Gasteiger partial charge in [-0.3, -0.25) is 4.79 Å². The number of benzene rings is 2. The van der Waals surface area contributed by atoms with Gasteiger partial charge < -0.3 is 0 Å². The van der Waals surface area contributed by atoms with Crippen molar-refractivity contribution in [1.82, 2.24) is 4.72 Å². The normalized spacial score (nSPS) is 11.2. The summed E-state index contributed by atoms with van der Waals surface area (Å²) in [7, 11) is -4.01. The van der Waals surface area contributed by atoms with Crippen LogP contribution in [0.5, 0.6) is 0 Å². The number of carbonyl (C=O) groups is 1. The highest BCUT2D eigenvalue weighted by Crippen LogP contribution is 2.21. The molecular weight excluding hydrogens is 357 g/mol. The van der Waals surface area contributed by atoms with E-state index in [4.69, 9.17) is 34.8 Å². The van der Waals surface area contributed by atoms with Crippen LogP contribution in [-0.4, -0.2) is 14.3 Å². The van der Waals surface area contributed by atoms with Gasteiger partial charge in [-0.2, -0.15) is 0 Å². The number of carbonyl (C=O) groups excluding carboxylic acids is 1. The van der Waals surface area contributed by atoms with Crippen LogP contribution in [-0.2, 0) is 10.0 Å². The second-order valence-corrected chi connectivity index (χ2v) is 6.98. The third kappa shape index (κ3) is 3.89. The fraction of sp³-hybridized carbons (Fsp3) is 0. The smallest absolute Gasteiger partial charge is 0.266 e. The minimum Gasteiger partial charge on any atom is -0.268 e. The summed E-state index contributed by atoms with van der Waals surface area (Å²) in [6.07, 6.45) is 0. The Balaban J connectivity index is 2.30. The van der Waals surface area contributed by atoms with Gasteiger partial charge in [-0.15, -0.1) is 0 Å². The molecule has 0 spiro atoms. The highest BCUT2D eigenvalue weighted by atomic mass is 35.5. The number of nitrogens with one attached hydrogen (secondary N) is 1. The first-order valence-electron chi connectivity index (χ1n) is 5.57. The van der Waals surface area contributed by atoms with Gasteiger partial charge in [-0.05, 0) is 42.5 Å². The van der Waals surface area contributed by atoms with E-state index in [0.29, 0.717) is 5.02 Å². The Hall–Kier alpha value is -1.27. The van der Waals surface area contributed by atoms with Gasteiger partial charge in [0.2, 0.25) is 0 Å². The molecule has 0 aliphatic heterocycles. The van der Waals surface area contributed by atoms with E-state index >= 15 is 0 Å². The van der Waals surface area contributed by atoms with Crippen molar-refractivity contribution in [3.05, 3.63) is 63.1 Å². The molecule has 2 rings (SSSR count). The molecule has 8 heteroatoms. The van der Waals surface area contributed by atoms with Crippen LogP contribution in [0.2, 0.25) is 15.1 Å². The Labute approximate surface area is 136 Å². The van der Waals surface area contributed by atoms with Gasteiger partial charge in [0, 0.05) is 10.0 Å². The lowest BCUT2D eigenvalue weighted by Gasteiger charge is -2.08. The zero-order valence-corrected chi connectivity index (χ0v) is 13.4. The molecule has 2 aromatic carbocycles. The lowest BCUT2D eigenvalue weighted by Crippen LogP contribution is -2.30. The quantitative estimate of drug-likeness (QED) is 0.902. The van der Waals surface area contributed by atoms with E-state index in [0.717, 1.165) is 0 Å². The van der Waals surface area contributed by atoms with E-state index in [2.05, 4.69) is 0 Å². The summed E-state index contributed by atoms with van der Waals surface area (Å²) in [6.45, 7) is 0. The summed E-state index contributed by atoms with van der Waals surface area (Å²) in [5, 5.41) is 0.759. The average Bonchev–Trinajstić information content (AvgIpc) is 2.41. The van der Waals surface area contributed by atoms with Crippen LogP contribution < -0.4 is 4.72 Å². The maximum atomic E-state index is 12.1. The molecule has 21 heavy (non-hydrogen) atoms. The molecule has 0 aromatic heterocycles. The van der Waals surface area contributed by atoms with Crippen LogP contribution >= 0.6 is 34.8 Å². The zero-order chi connectivity index (χ0) is 15.6. The maximum absolute atomic E-state index is 12.1. The lowest BCUT2D eigenvalue weighted by molar-refractivity contribution is 0.0981. The van der Waals surface area contributed by atoms with Crippen LogP contribution in [0.1, 0.15) is 10.4 Å². The number of sulfonamides is 1. The Kier molecular flexibility index (Phi) is 4.78. The van der Waals surface area contributed by atoms with E-state index in [-0.39, 0.29) is 20.5 Å². The Morgan fingerprint density at radius 2 is 1.48 bits per heavy atom. The standard InChI is InChI=1S/C13H8Cl3NO3S/c14-8-1-4-10(5-2-8)21(19,20)17-13(18)11-7-9(15)3-6-12(11)16/h1-7H,(H,17,18). The molecule has 4 nitrogen and oxygen atoms in total. The number of amides is 1. The molecule has 0 bridgehead atoms. The molecule has 0 fully saturated rings. The Morgan fingerprint density at radius 3 is 2.10 bits per heavy atom. The highest BCUT2D eigenvalue weighted by Gasteiger charge is 2.20. The van der Waals surface area contributed by atoms with Crippen LogP contribution in [0, 0.1) is 0 Å². The van der Waals surface area contributed by atoms with E-state index in [1.807, 2.05) is 4.72 Å². The molecule has 0 unspecified atom stereocenters. The predicted octanol–water partition coefficient (Wildman–Crippen LogP) is 3.77. The lowest BCUT2D eigenvalue weighted by atomic mass is 10.2. The van der Waals surface area contributed by atoms with E-state index in [1.165, 1.54) is 42.5 Å². The fourth-order valence-electron chi connectivity index (χ4n) is 1.52. The van der Waals surface area contributed by atoms with Crippen LogP contribution in [0.15, 0.2) is 47.4 Å². The highest BCUT2D eigenvalue weighted by molar-refractivity contribution is 7.90. The van der Waals surface area contributed by atoms with Crippen molar-refractivity contribution >= 4 is 50.7 Å². The Bertz CT molecular complexity index is 789. The Morgan fingerprint density at radius 1 is 0.905 bits per heavy atom. The largest absolute Gasteiger partial charge is 0.268 e. The van der Waals surface area contributed by atoms with E-state index < -0.39 is 15.9 Å². The molecule has 0 aliphatic rings. The first-order chi connectivity index (χ1) is 9.79. The number of hydrogen-bond acceptors (Lipinski definition) is 3. The summed E-state index contributed by atoms with van der Waals surface area (Å²) < 4.78 is 26.1. The molecule has 0 heterocycles. The average molecular weight is 365 g/mol. The SMILES string of the molecule is O=C(NS(=O)(=O)c1ccc(Cl)cc1)c1cc(Cl)ccc1Cl. The topological polar surface area (TPSA) is 63.2 Å². The first kappa shape index (κ1) is 16.1. The van der Waals surface area contributed by atoms with Gasteiger partial charge in [-0.25, -0.2) is 13.1 Å². The third-order valence-electron chi connectivity index (χ3n) is 2.52. The molecule has 1 amide bonds. The van der Waals surface area contributed by atoms with E-state index in [1.54, 1.807) is 0 Å². The minimum atomic E-state index is -4.01. The zero-order valence-electron chi connectivity index (χ0n) is 10.3. The van der Waals surface area contributed by atoms with Crippen LogP contribution in [0.3, 0.4) is 0 Å². The van der Waals surface area contributed by atoms with Crippen molar-refractivity contribution in [3.63, 3.8) is 0 Å². The summed E-state index contributed by atoms with van der Waals surface area (Å²) in [5.41, 5.74) is -0.0262. The number of rotatable bonds is 3. The van der Waals surface area contributed by atoms with Crippen LogP contribution in [0.25, 0.3) is 0 Å². The van der Waals surface area contributed by atoms with Crippen molar-refractivity contribution < 1.29 is 13.2 Å². The molecule has 0 radical (unpaired) electrons. The second-order valence-electron chi connectivity index (χ2n) is 4.01. The van der Waals surface area contributed by atoms with Crippen molar-refractivity contribution in [2.75, 3.05) is 0 Å². The first-order valence-corrected chi connectivity index (χ1v) is 8.19. The van der Waals surface area contributed by atoms with Gasteiger partial charge in [0.25, 0.3) is 15.9 Å². The second kappa shape index (κ2) is 6.23. The molecule has 0 atom stereocenters. The molecule has 0 saturated carbocycles. The fourth-order valence-corrected chi connectivity index (χ4v) is 2.99. The van der Waals surface area contributed by atoms with Crippen LogP contribution in [0.4, 0.5) is 0 Å². The van der Waals surface area contributed by atoms with Crippen molar-refractivity contribution in [3.8, 4) is 0 Å². The summed E-state index contributed by atoms with van der Waals surface area (Å²) in [4.78, 5) is 11.9. The van der Waals surface area contributed by atoms with Gasteiger partial charge >= 0.3 is 0 Å². The number of hydrogen-bond donors (Lipinski definition) is 1. The summed E-state index contributed by atoms with van der Waals surface area (Å²) >= 11 is 17.3. The number of halogens is 3. The van der Waals surface area contributed by atoms with Crippen molar-refractivity contribution in [1.29, 1.82) is 0 Å². The third-order valence-corrected chi connectivity index (χ3v) is 4.69. The molecule has 1 N–H and O–H groups in total. The molecule has 0 aliphatic carbocycles. The van der Waals surface area contributed by atoms with Gasteiger partial charge in [0.1, 0.15) is 0 Å². The molecule has 110 valence electrons. The summed E-state index contributed by atoms with van der Waals surface area (Å²) in [6, 6.07) is 9.59. The molecule has 2 aromatic rings.